The van der Waals surface area contributed by atoms with Gasteiger partial charge in [-0.05, 0) is 31.1 Å². The van der Waals surface area contributed by atoms with Crippen LogP contribution in [0.2, 0.25) is 0 Å². The molecular formula is C14H26N4. The van der Waals surface area contributed by atoms with Crippen LogP contribution in [-0.4, -0.2) is 9.78 Å². The van der Waals surface area contributed by atoms with Gasteiger partial charge in [0.05, 0.1) is 12.2 Å². The van der Waals surface area contributed by atoms with Crippen molar-refractivity contribution in [1.82, 2.24) is 15.2 Å². The van der Waals surface area contributed by atoms with Crippen molar-refractivity contribution < 1.29 is 0 Å². The minimum atomic E-state index is 0.223. The van der Waals surface area contributed by atoms with E-state index in [2.05, 4.69) is 37.5 Å². The fraction of sp³-hybridized carbons (Fsp3) is 0.786. The zero-order valence-corrected chi connectivity index (χ0v) is 11.8. The van der Waals surface area contributed by atoms with E-state index in [4.69, 9.17) is 5.84 Å². The first-order valence-corrected chi connectivity index (χ1v) is 7.07. The Morgan fingerprint density at radius 3 is 2.89 bits per heavy atom. The summed E-state index contributed by atoms with van der Waals surface area (Å²) in [4.78, 5) is 0. The van der Waals surface area contributed by atoms with E-state index in [1.807, 2.05) is 10.9 Å². The van der Waals surface area contributed by atoms with Crippen molar-refractivity contribution in [2.24, 2.45) is 17.2 Å². The quantitative estimate of drug-likeness (QED) is 0.638. The summed E-state index contributed by atoms with van der Waals surface area (Å²) in [7, 11) is 0. The van der Waals surface area contributed by atoms with Crippen LogP contribution in [0.4, 0.5) is 0 Å². The van der Waals surface area contributed by atoms with Gasteiger partial charge in [0, 0.05) is 18.3 Å². The molecule has 0 saturated heterocycles. The molecule has 4 heteroatoms. The molecule has 0 aliphatic heterocycles. The zero-order chi connectivity index (χ0) is 13.2. The van der Waals surface area contributed by atoms with E-state index in [0.717, 1.165) is 6.54 Å². The Hall–Kier alpha value is -0.870. The first kappa shape index (κ1) is 13.6. The van der Waals surface area contributed by atoms with E-state index in [0.29, 0.717) is 11.3 Å². The third kappa shape index (κ3) is 2.59. The molecule has 0 amide bonds. The summed E-state index contributed by atoms with van der Waals surface area (Å²) in [5.41, 5.74) is 4.60. The maximum atomic E-state index is 5.82. The molecule has 102 valence electrons. The SMILES string of the molecule is CCn1cc(C(NN)C2CCCCC2(C)C)cn1. The van der Waals surface area contributed by atoms with Crippen LogP contribution in [-0.2, 0) is 6.54 Å². The van der Waals surface area contributed by atoms with Gasteiger partial charge in [0.2, 0.25) is 0 Å². The predicted molar refractivity (Wildman–Crippen MR) is 73.7 cm³/mol. The molecule has 1 heterocycles. The van der Waals surface area contributed by atoms with Crippen molar-refractivity contribution in [3.8, 4) is 0 Å². The minimum Gasteiger partial charge on any atom is -0.273 e. The summed E-state index contributed by atoms with van der Waals surface area (Å²) in [5.74, 6) is 6.41. The molecule has 1 saturated carbocycles. The lowest BCUT2D eigenvalue weighted by molar-refractivity contribution is 0.0982. The summed E-state index contributed by atoms with van der Waals surface area (Å²) in [6.07, 6.45) is 9.27. The zero-order valence-electron chi connectivity index (χ0n) is 11.8. The second-order valence-electron chi connectivity index (χ2n) is 6.11. The monoisotopic (exact) mass is 250 g/mol. The summed E-state index contributed by atoms with van der Waals surface area (Å²) in [6, 6.07) is 0.223. The van der Waals surface area contributed by atoms with Gasteiger partial charge in [-0.2, -0.15) is 5.10 Å². The fourth-order valence-electron chi connectivity index (χ4n) is 3.30. The number of nitrogens with one attached hydrogen (secondary N) is 1. The molecule has 1 aliphatic rings. The van der Waals surface area contributed by atoms with Crippen LogP contribution in [0, 0.1) is 11.3 Å². The highest BCUT2D eigenvalue weighted by atomic mass is 15.3. The van der Waals surface area contributed by atoms with Crippen LogP contribution in [0.1, 0.15) is 58.1 Å². The lowest BCUT2D eigenvalue weighted by Crippen LogP contribution is -2.41. The van der Waals surface area contributed by atoms with Crippen molar-refractivity contribution in [1.29, 1.82) is 0 Å². The molecule has 18 heavy (non-hydrogen) atoms. The molecule has 1 fully saturated rings. The molecule has 0 bridgehead atoms. The van der Waals surface area contributed by atoms with Gasteiger partial charge < -0.3 is 0 Å². The van der Waals surface area contributed by atoms with E-state index in [9.17, 15) is 0 Å². The van der Waals surface area contributed by atoms with Gasteiger partial charge in [-0.1, -0.05) is 26.7 Å². The van der Waals surface area contributed by atoms with Gasteiger partial charge in [-0.3, -0.25) is 16.0 Å². The number of hydrogen-bond acceptors (Lipinski definition) is 3. The highest BCUT2D eigenvalue weighted by Gasteiger charge is 2.38. The summed E-state index contributed by atoms with van der Waals surface area (Å²) < 4.78 is 1.97. The Balaban J connectivity index is 2.21. The average Bonchev–Trinajstić information content (AvgIpc) is 2.80. The molecule has 0 aromatic carbocycles. The van der Waals surface area contributed by atoms with Crippen molar-refractivity contribution in [2.75, 3.05) is 0 Å². The molecule has 0 radical (unpaired) electrons. The van der Waals surface area contributed by atoms with Crippen LogP contribution >= 0.6 is 0 Å². The molecule has 0 spiro atoms. The first-order valence-electron chi connectivity index (χ1n) is 7.07. The Bertz CT molecular complexity index is 383. The van der Waals surface area contributed by atoms with Crippen LogP contribution in [0.15, 0.2) is 12.4 Å². The Labute approximate surface area is 110 Å². The van der Waals surface area contributed by atoms with Crippen LogP contribution in [0.5, 0.6) is 0 Å². The average molecular weight is 250 g/mol. The number of hydrogen-bond donors (Lipinski definition) is 2. The van der Waals surface area contributed by atoms with Crippen molar-refractivity contribution >= 4 is 0 Å². The second-order valence-corrected chi connectivity index (χ2v) is 6.11. The van der Waals surface area contributed by atoms with E-state index < -0.39 is 0 Å². The van der Waals surface area contributed by atoms with Gasteiger partial charge in [0.1, 0.15) is 0 Å². The van der Waals surface area contributed by atoms with E-state index in [1.54, 1.807) is 0 Å². The van der Waals surface area contributed by atoms with Crippen LogP contribution in [0.25, 0.3) is 0 Å². The molecule has 1 aromatic rings. The van der Waals surface area contributed by atoms with Crippen LogP contribution < -0.4 is 11.3 Å². The van der Waals surface area contributed by atoms with Crippen molar-refractivity contribution in [2.45, 2.75) is 59.0 Å². The van der Waals surface area contributed by atoms with Gasteiger partial charge in [0.15, 0.2) is 0 Å². The van der Waals surface area contributed by atoms with Gasteiger partial charge in [0.25, 0.3) is 0 Å². The van der Waals surface area contributed by atoms with Crippen LogP contribution in [0.3, 0.4) is 0 Å². The first-order chi connectivity index (χ1) is 8.58. The molecule has 1 aliphatic carbocycles. The lowest BCUT2D eigenvalue weighted by Gasteiger charge is -2.42. The second kappa shape index (κ2) is 5.41. The minimum absolute atomic E-state index is 0.223. The summed E-state index contributed by atoms with van der Waals surface area (Å²) >= 11 is 0. The highest BCUT2D eigenvalue weighted by molar-refractivity contribution is 5.13. The molecule has 2 rings (SSSR count). The molecule has 4 nitrogen and oxygen atoms in total. The summed E-state index contributed by atoms with van der Waals surface area (Å²) in [5, 5.41) is 4.37. The molecule has 3 N–H and O–H groups in total. The van der Waals surface area contributed by atoms with Crippen molar-refractivity contribution in [3.63, 3.8) is 0 Å². The normalized spacial score (nSPS) is 25.0. The predicted octanol–water partition coefficient (Wildman–Crippen LogP) is 2.62. The number of aryl methyl sites for hydroxylation is 1. The lowest BCUT2D eigenvalue weighted by atomic mass is 9.65. The van der Waals surface area contributed by atoms with Crippen molar-refractivity contribution in [3.05, 3.63) is 18.0 Å². The Morgan fingerprint density at radius 1 is 1.56 bits per heavy atom. The number of nitrogens with zero attached hydrogens (tertiary/aromatic N) is 2. The van der Waals surface area contributed by atoms with E-state index >= 15 is 0 Å². The number of nitrogens with two attached hydrogens (primary N) is 1. The van der Waals surface area contributed by atoms with E-state index in [1.165, 1.54) is 31.2 Å². The number of rotatable bonds is 4. The molecular weight excluding hydrogens is 224 g/mol. The Morgan fingerprint density at radius 2 is 2.33 bits per heavy atom. The fourth-order valence-corrected chi connectivity index (χ4v) is 3.30. The standard InChI is InChI=1S/C14H26N4/c1-4-18-10-11(9-16-18)13(17-15)12-7-5-6-8-14(12,2)3/h9-10,12-13,17H,4-8,15H2,1-3H3. The number of aromatic nitrogens is 2. The highest BCUT2D eigenvalue weighted by Crippen LogP contribution is 2.46. The molecule has 1 aromatic heterocycles. The Kier molecular flexibility index (Phi) is 4.07. The molecule has 2 atom stereocenters. The van der Waals surface area contributed by atoms with E-state index in [-0.39, 0.29) is 6.04 Å². The summed E-state index contributed by atoms with van der Waals surface area (Å²) in [6.45, 7) is 7.74. The largest absolute Gasteiger partial charge is 0.273 e. The smallest absolute Gasteiger partial charge is 0.0538 e. The maximum absolute atomic E-state index is 5.82. The number of hydrazine groups is 1. The maximum Gasteiger partial charge on any atom is 0.0538 e. The third-order valence-electron chi connectivity index (χ3n) is 4.51. The topological polar surface area (TPSA) is 55.9 Å². The van der Waals surface area contributed by atoms with Gasteiger partial charge in [-0.25, -0.2) is 0 Å². The van der Waals surface area contributed by atoms with Gasteiger partial charge in [-0.15, -0.1) is 0 Å². The van der Waals surface area contributed by atoms with Gasteiger partial charge >= 0.3 is 0 Å². The third-order valence-corrected chi connectivity index (χ3v) is 4.51. The molecule has 2 unspecified atom stereocenters.